The molecule has 0 aliphatic heterocycles. The van der Waals surface area contributed by atoms with E-state index in [0.29, 0.717) is 19.8 Å². The van der Waals surface area contributed by atoms with Gasteiger partial charge in [-0.05, 0) is 51.9 Å². The van der Waals surface area contributed by atoms with Gasteiger partial charge in [-0.25, -0.2) is 0 Å². The number of unbranched alkanes of at least 4 members (excludes halogenated alkanes) is 3. The van der Waals surface area contributed by atoms with E-state index >= 15 is 0 Å². The topological polar surface area (TPSA) is 27.7 Å². The van der Waals surface area contributed by atoms with Crippen molar-refractivity contribution in [3.63, 3.8) is 0 Å². The quantitative estimate of drug-likeness (QED) is 0.0832. The van der Waals surface area contributed by atoms with E-state index in [4.69, 9.17) is 13.6 Å². The molecule has 3 rings (SSSR count). The predicted molar refractivity (Wildman–Crippen MR) is 199 cm³/mol. The van der Waals surface area contributed by atoms with Gasteiger partial charge in [0.25, 0.3) is 8.32 Å². The van der Waals surface area contributed by atoms with E-state index in [9.17, 15) is 0 Å². The maximum atomic E-state index is 7.52. The van der Waals surface area contributed by atoms with Crippen LogP contribution in [0.3, 0.4) is 0 Å². The zero-order valence-corrected chi connectivity index (χ0v) is 31.6. The summed E-state index contributed by atoms with van der Waals surface area (Å²) in [5, 5.41) is 2.59. The summed E-state index contributed by atoms with van der Waals surface area (Å²) in [7, 11) is -4.83. The SMILES string of the molecule is CCCCC/C=C\[C@H](CO[Si](c1ccccc1)(c1ccccc1)C(C)(C)C)[C@@H](COCc1ccccc1)O[Si](C)(C)C(C)(C)C. The van der Waals surface area contributed by atoms with Gasteiger partial charge in [0.2, 0.25) is 0 Å². The Morgan fingerprint density at radius 1 is 0.689 bits per heavy atom. The summed E-state index contributed by atoms with van der Waals surface area (Å²) in [4.78, 5) is 0. The summed E-state index contributed by atoms with van der Waals surface area (Å²) < 4.78 is 21.2. The van der Waals surface area contributed by atoms with Gasteiger partial charge in [0.05, 0.1) is 19.3 Å². The third-order valence-corrected chi connectivity index (χ3v) is 18.9. The van der Waals surface area contributed by atoms with Crippen LogP contribution >= 0.6 is 0 Å². The third kappa shape index (κ3) is 10.4. The van der Waals surface area contributed by atoms with Crippen LogP contribution < -0.4 is 10.4 Å². The van der Waals surface area contributed by atoms with E-state index in [1.54, 1.807) is 0 Å². The van der Waals surface area contributed by atoms with Gasteiger partial charge in [0.1, 0.15) is 0 Å². The lowest BCUT2D eigenvalue weighted by Gasteiger charge is -2.45. The van der Waals surface area contributed by atoms with Crippen LogP contribution in [0.15, 0.2) is 103 Å². The van der Waals surface area contributed by atoms with E-state index in [0.717, 1.165) is 6.42 Å². The molecule has 0 aliphatic carbocycles. The van der Waals surface area contributed by atoms with Gasteiger partial charge in [-0.1, -0.05) is 164 Å². The van der Waals surface area contributed by atoms with Gasteiger partial charge in [0.15, 0.2) is 8.32 Å². The third-order valence-electron chi connectivity index (χ3n) is 9.39. The molecule has 0 saturated heterocycles. The fourth-order valence-corrected chi connectivity index (χ4v) is 11.7. The molecule has 0 spiro atoms. The van der Waals surface area contributed by atoms with Crippen LogP contribution in [-0.4, -0.2) is 36.0 Å². The highest BCUT2D eigenvalue weighted by Gasteiger charge is 2.51. The lowest BCUT2D eigenvalue weighted by Crippen LogP contribution is -2.67. The Labute approximate surface area is 277 Å². The van der Waals surface area contributed by atoms with E-state index in [1.807, 2.05) is 0 Å². The average Bonchev–Trinajstić information content (AvgIpc) is 3.00. The molecule has 0 fully saturated rings. The van der Waals surface area contributed by atoms with Gasteiger partial charge in [-0.2, -0.15) is 0 Å². The fourth-order valence-electron chi connectivity index (χ4n) is 5.72. The van der Waals surface area contributed by atoms with Crippen molar-refractivity contribution >= 4 is 27.0 Å². The summed E-state index contributed by atoms with van der Waals surface area (Å²) in [6, 6.07) is 32.3. The summed E-state index contributed by atoms with van der Waals surface area (Å²) in [5.74, 6) is 0.0539. The van der Waals surface area contributed by atoms with Crippen LogP contribution in [0, 0.1) is 5.92 Å². The molecule has 45 heavy (non-hydrogen) atoms. The van der Waals surface area contributed by atoms with Crippen LogP contribution in [0.4, 0.5) is 0 Å². The number of benzene rings is 3. The van der Waals surface area contributed by atoms with Crippen molar-refractivity contribution < 1.29 is 13.6 Å². The molecular weight excluding hydrogens is 585 g/mol. The summed E-state index contributed by atoms with van der Waals surface area (Å²) >= 11 is 0. The molecule has 0 saturated carbocycles. The second-order valence-corrected chi connectivity index (χ2v) is 24.0. The standard InChI is InChI=1S/C40H60O3Si2/c1-10-11-12-13-19-26-35(38(43-44(8,9)39(2,3)4)33-41-31-34-24-17-14-18-25-34)32-42-45(40(5,6)7,36-27-20-15-21-28-36)37-29-22-16-23-30-37/h14-30,35,38H,10-13,31-33H2,1-9H3/b26-19-/t35-,38-/m1/s1. The molecule has 0 unspecified atom stereocenters. The molecule has 246 valence electrons. The molecule has 0 heterocycles. The smallest absolute Gasteiger partial charge is 0.261 e. The number of hydrogen-bond acceptors (Lipinski definition) is 3. The number of ether oxygens (including phenoxy) is 1. The first kappa shape index (κ1) is 37.2. The lowest BCUT2D eigenvalue weighted by atomic mass is 10.0. The molecule has 0 aliphatic rings. The normalized spacial score (nSPS) is 14.5. The largest absolute Gasteiger partial charge is 0.411 e. The van der Waals surface area contributed by atoms with Crippen molar-refractivity contribution in [2.75, 3.05) is 13.2 Å². The van der Waals surface area contributed by atoms with Crippen molar-refractivity contribution in [2.45, 2.75) is 110 Å². The molecule has 0 aromatic heterocycles. The molecular formula is C40H60O3Si2. The number of allylic oxidation sites excluding steroid dienone is 1. The molecule has 3 aromatic carbocycles. The van der Waals surface area contributed by atoms with Crippen molar-refractivity contribution in [3.8, 4) is 0 Å². The zero-order valence-electron chi connectivity index (χ0n) is 29.6. The molecule has 5 heteroatoms. The van der Waals surface area contributed by atoms with Gasteiger partial charge >= 0.3 is 0 Å². The van der Waals surface area contributed by atoms with Gasteiger partial charge in [-0.3, -0.25) is 0 Å². The van der Waals surface area contributed by atoms with E-state index in [2.05, 4.69) is 165 Å². The van der Waals surface area contributed by atoms with Crippen LogP contribution in [0.25, 0.3) is 0 Å². The zero-order chi connectivity index (χ0) is 33.0. The van der Waals surface area contributed by atoms with Crippen LogP contribution in [-0.2, 0) is 20.2 Å². The number of rotatable bonds is 17. The minimum absolute atomic E-state index is 0.0539. The van der Waals surface area contributed by atoms with Gasteiger partial charge in [0, 0.05) is 12.5 Å². The Hall–Kier alpha value is -2.29. The Balaban J connectivity index is 2.04. The summed E-state index contributed by atoms with van der Waals surface area (Å²) in [6.07, 6.45) is 9.38. The maximum Gasteiger partial charge on any atom is 0.261 e. The minimum Gasteiger partial charge on any atom is -0.411 e. The Morgan fingerprint density at radius 3 is 1.71 bits per heavy atom. The molecule has 0 N–H and O–H groups in total. The molecule has 0 radical (unpaired) electrons. The number of hydrogen-bond donors (Lipinski definition) is 0. The highest BCUT2D eigenvalue weighted by molar-refractivity contribution is 6.99. The maximum absolute atomic E-state index is 7.52. The predicted octanol–water partition coefficient (Wildman–Crippen LogP) is 9.92. The Morgan fingerprint density at radius 2 is 1.22 bits per heavy atom. The van der Waals surface area contributed by atoms with Crippen molar-refractivity contribution in [3.05, 3.63) is 109 Å². The van der Waals surface area contributed by atoms with Crippen molar-refractivity contribution in [1.29, 1.82) is 0 Å². The van der Waals surface area contributed by atoms with Crippen LogP contribution in [0.1, 0.15) is 79.7 Å². The first-order chi connectivity index (χ1) is 21.3. The van der Waals surface area contributed by atoms with Crippen LogP contribution in [0.5, 0.6) is 0 Å². The van der Waals surface area contributed by atoms with E-state index in [-0.39, 0.29) is 22.1 Å². The molecule has 3 nitrogen and oxygen atoms in total. The molecule has 0 bridgehead atoms. The lowest BCUT2D eigenvalue weighted by molar-refractivity contribution is 0.00481. The molecule has 3 aromatic rings. The van der Waals surface area contributed by atoms with E-state index in [1.165, 1.54) is 35.2 Å². The summed E-state index contributed by atoms with van der Waals surface area (Å²) in [6.45, 7) is 22.6. The molecule has 0 amide bonds. The molecule has 2 atom stereocenters. The second-order valence-electron chi connectivity index (χ2n) is 15.0. The van der Waals surface area contributed by atoms with Crippen molar-refractivity contribution in [2.24, 2.45) is 5.92 Å². The average molecular weight is 645 g/mol. The first-order valence-electron chi connectivity index (χ1n) is 17.0. The first-order valence-corrected chi connectivity index (χ1v) is 21.8. The van der Waals surface area contributed by atoms with E-state index < -0.39 is 16.6 Å². The van der Waals surface area contributed by atoms with Crippen LogP contribution in [0.2, 0.25) is 23.2 Å². The second kappa shape index (κ2) is 17.0. The summed E-state index contributed by atoms with van der Waals surface area (Å²) in [5.41, 5.74) is 1.18. The van der Waals surface area contributed by atoms with Gasteiger partial charge in [-0.15, -0.1) is 0 Å². The highest BCUT2D eigenvalue weighted by atomic mass is 28.4. The fraction of sp³-hybridized carbons (Fsp3) is 0.500. The minimum atomic E-state index is -2.72. The van der Waals surface area contributed by atoms with Crippen molar-refractivity contribution in [1.82, 2.24) is 0 Å². The monoisotopic (exact) mass is 644 g/mol. The highest BCUT2D eigenvalue weighted by Crippen LogP contribution is 2.40. The van der Waals surface area contributed by atoms with Gasteiger partial charge < -0.3 is 13.6 Å². The Bertz CT molecular complexity index is 1220. The Kier molecular flexibility index (Phi) is 14.1.